The lowest BCUT2D eigenvalue weighted by Gasteiger charge is -2.13. The number of rotatable bonds is 7. The van der Waals surface area contributed by atoms with Crippen LogP contribution in [0.25, 0.3) is 0 Å². The third-order valence-electron chi connectivity index (χ3n) is 3.46. The van der Waals surface area contributed by atoms with Crippen LogP contribution >= 0.6 is 0 Å². The first-order valence-corrected chi connectivity index (χ1v) is 8.03. The molecule has 24 heavy (non-hydrogen) atoms. The van der Waals surface area contributed by atoms with E-state index in [4.69, 9.17) is 4.74 Å². The molecule has 0 aliphatic heterocycles. The Morgan fingerprint density at radius 3 is 2.62 bits per heavy atom. The number of anilines is 3. The van der Waals surface area contributed by atoms with Crippen LogP contribution in [0.2, 0.25) is 0 Å². The van der Waals surface area contributed by atoms with Crippen molar-refractivity contribution in [3.05, 3.63) is 41.7 Å². The van der Waals surface area contributed by atoms with Gasteiger partial charge in [0.25, 0.3) is 0 Å². The molecule has 0 saturated carbocycles. The molecule has 6 heteroatoms. The smallest absolute Gasteiger partial charge is 0.339 e. The van der Waals surface area contributed by atoms with E-state index in [0.717, 1.165) is 18.8 Å². The van der Waals surface area contributed by atoms with Crippen LogP contribution in [0.3, 0.4) is 0 Å². The fourth-order valence-electron chi connectivity index (χ4n) is 2.23. The Morgan fingerprint density at radius 2 is 1.92 bits per heavy atom. The molecule has 2 rings (SSSR count). The van der Waals surface area contributed by atoms with Crippen molar-refractivity contribution >= 4 is 23.3 Å². The third kappa shape index (κ3) is 4.94. The molecule has 1 heterocycles. The number of carbonyl (C=O) groups excluding carboxylic acids is 1. The van der Waals surface area contributed by atoms with Crippen molar-refractivity contribution in [3.63, 3.8) is 0 Å². The van der Waals surface area contributed by atoms with E-state index in [1.54, 1.807) is 12.1 Å². The molecule has 0 amide bonds. The van der Waals surface area contributed by atoms with Crippen molar-refractivity contribution < 1.29 is 9.53 Å². The Morgan fingerprint density at radius 1 is 1.21 bits per heavy atom. The molecule has 1 aromatic heterocycles. The van der Waals surface area contributed by atoms with E-state index in [1.165, 1.54) is 7.11 Å². The van der Waals surface area contributed by atoms with Gasteiger partial charge in [-0.15, -0.1) is 0 Å². The van der Waals surface area contributed by atoms with Crippen molar-refractivity contribution in [3.8, 4) is 0 Å². The number of carbonyl (C=O) groups is 1. The number of benzene rings is 1. The lowest BCUT2D eigenvalue weighted by Crippen LogP contribution is -2.09. The van der Waals surface area contributed by atoms with Gasteiger partial charge in [0.05, 0.1) is 18.4 Å². The van der Waals surface area contributed by atoms with Crippen LogP contribution in [0.1, 0.15) is 36.5 Å². The van der Waals surface area contributed by atoms with E-state index < -0.39 is 0 Å². The van der Waals surface area contributed by atoms with Gasteiger partial charge in [0.15, 0.2) is 0 Å². The number of hydrogen-bond donors (Lipinski definition) is 2. The molecular weight excluding hydrogens is 304 g/mol. The lowest BCUT2D eigenvalue weighted by molar-refractivity contribution is 0.0602. The second kappa shape index (κ2) is 8.29. The fraction of sp³-hybridized carbons (Fsp3) is 0.389. The molecule has 2 aromatic rings. The minimum absolute atomic E-state index is 0.390. The van der Waals surface area contributed by atoms with Gasteiger partial charge in [-0.3, -0.25) is 0 Å². The highest BCUT2D eigenvalue weighted by molar-refractivity contribution is 5.96. The zero-order chi connectivity index (χ0) is 17.5. The summed E-state index contributed by atoms with van der Waals surface area (Å²) in [6.45, 7) is 7.06. The van der Waals surface area contributed by atoms with Crippen LogP contribution in [-0.2, 0) is 4.74 Å². The van der Waals surface area contributed by atoms with Gasteiger partial charge in [0, 0.05) is 12.6 Å². The summed E-state index contributed by atoms with van der Waals surface area (Å²) in [5.74, 6) is 2.29. The molecule has 0 unspecified atom stereocenters. The summed E-state index contributed by atoms with van der Waals surface area (Å²) in [6, 6.07) is 9.01. The second-order valence-corrected chi connectivity index (χ2v) is 5.96. The molecule has 0 bridgehead atoms. The van der Waals surface area contributed by atoms with Crippen LogP contribution in [0.15, 0.2) is 30.3 Å². The Bertz CT molecular complexity index is 701. The maximum atomic E-state index is 11.9. The third-order valence-corrected chi connectivity index (χ3v) is 3.46. The first kappa shape index (κ1) is 17.7. The summed E-state index contributed by atoms with van der Waals surface area (Å²) in [5.41, 5.74) is 1.11. The summed E-state index contributed by atoms with van der Waals surface area (Å²) in [5, 5.41) is 6.49. The standard InChI is InChI=1S/C18H24N4O2/c1-12(2)9-10-19-16-11-17(21-13(3)20-16)22-15-8-6-5-7-14(15)18(23)24-4/h5-8,11-12H,9-10H2,1-4H3,(H2,19,20,21,22). The van der Waals surface area contributed by atoms with Gasteiger partial charge < -0.3 is 15.4 Å². The summed E-state index contributed by atoms with van der Waals surface area (Å²) in [6.07, 6.45) is 1.07. The molecular formula is C18H24N4O2. The van der Waals surface area contributed by atoms with Gasteiger partial charge >= 0.3 is 5.97 Å². The average molecular weight is 328 g/mol. The number of aryl methyl sites for hydroxylation is 1. The molecule has 0 atom stereocenters. The molecule has 128 valence electrons. The number of esters is 1. The fourth-order valence-corrected chi connectivity index (χ4v) is 2.23. The average Bonchev–Trinajstić information content (AvgIpc) is 2.54. The van der Waals surface area contributed by atoms with Gasteiger partial charge in [-0.05, 0) is 31.4 Å². The molecule has 0 aliphatic rings. The number of nitrogens with zero attached hydrogens (tertiary/aromatic N) is 2. The van der Waals surface area contributed by atoms with Gasteiger partial charge in [0.2, 0.25) is 0 Å². The van der Waals surface area contributed by atoms with E-state index in [0.29, 0.717) is 28.8 Å². The SMILES string of the molecule is COC(=O)c1ccccc1Nc1cc(NCCC(C)C)nc(C)n1. The topological polar surface area (TPSA) is 76.1 Å². The first-order chi connectivity index (χ1) is 11.5. The Hall–Kier alpha value is -2.63. The highest BCUT2D eigenvalue weighted by atomic mass is 16.5. The number of methoxy groups -OCH3 is 1. The van der Waals surface area contributed by atoms with Crippen molar-refractivity contribution in [2.75, 3.05) is 24.3 Å². The number of ether oxygens (including phenoxy) is 1. The highest BCUT2D eigenvalue weighted by Crippen LogP contribution is 2.22. The molecule has 0 spiro atoms. The first-order valence-electron chi connectivity index (χ1n) is 8.03. The molecule has 1 aromatic carbocycles. The van der Waals surface area contributed by atoms with Crippen molar-refractivity contribution in [2.45, 2.75) is 27.2 Å². The molecule has 0 saturated heterocycles. The largest absolute Gasteiger partial charge is 0.465 e. The van der Waals surface area contributed by atoms with E-state index >= 15 is 0 Å². The molecule has 0 radical (unpaired) electrons. The normalized spacial score (nSPS) is 10.5. The van der Waals surface area contributed by atoms with Gasteiger partial charge in [0.1, 0.15) is 17.5 Å². The Kier molecular flexibility index (Phi) is 6.12. The zero-order valence-electron chi connectivity index (χ0n) is 14.6. The van der Waals surface area contributed by atoms with Crippen LogP contribution in [-0.4, -0.2) is 29.6 Å². The molecule has 0 aliphatic carbocycles. The lowest BCUT2D eigenvalue weighted by atomic mass is 10.1. The van der Waals surface area contributed by atoms with Gasteiger partial charge in [-0.25, -0.2) is 14.8 Å². The van der Waals surface area contributed by atoms with Gasteiger partial charge in [-0.2, -0.15) is 0 Å². The summed E-state index contributed by atoms with van der Waals surface area (Å²) < 4.78 is 4.81. The molecule has 0 fully saturated rings. The Labute approximate surface area is 142 Å². The maximum absolute atomic E-state index is 11.9. The minimum atomic E-state index is -0.390. The monoisotopic (exact) mass is 328 g/mol. The van der Waals surface area contributed by atoms with Crippen LogP contribution in [0, 0.1) is 12.8 Å². The number of hydrogen-bond acceptors (Lipinski definition) is 6. The van der Waals surface area contributed by atoms with E-state index in [2.05, 4.69) is 34.4 Å². The molecule has 6 nitrogen and oxygen atoms in total. The maximum Gasteiger partial charge on any atom is 0.339 e. The molecule has 2 N–H and O–H groups in total. The van der Waals surface area contributed by atoms with E-state index in [9.17, 15) is 4.79 Å². The predicted molar refractivity (Wildman–Crippen MR) is 95.8 cm³/mol. The summed E-state index contributed by atoms with van der Waals surface area (Å²) in [4.78, 5) is 20.6. The summed E-state index contributed by atoms with van der Waals surface area (Å²) >= 11 is 0. The summed E-state index contributed by atoms with van der Waals surface area (Å²) in [7, 11) is 1.37. The quantitative estimate of drug-likeness (QED) is 0.753. The number of para-hydroxylation sites is 1. The van der Waals surface area contributed by atoms with Crippen molar-refractivity contribution in [1.29, 1.82) is 0 Å². The highest BCUT2D eigenvalue weighted by Gasteiger charge is 2.12. The van der Waals surface area contributed by atoms with Crippen LogP contribution in [0.4, 0.5) is 17.3 Å². The van der Waals surface area contributed by atoms with Crippen molar-refractivity contribution in [2.24, 2.45) is 5.92 Å². The van der Waals surface area contributed by atoms with E-state index in [1.807, 2.05) is 25.1 Å². The van der Waals surface area contributed by atoms with Crippen molar-refractivity contribution in [1.82, 2.24) is 9.97 Å². The number of aromatic nitrogens is 2. The van der Waals surface area contributed by atoms with E-state index in [-0.39, 0.29) is 5.97 Å². The minimum Gasteiger partial charge on any atom is -0.465 e. The van der Waals surface area contributed by atoms with Crippen LogP contribution < -0.4 is 10.6 Å². The second-order valence-electron chi connectivity index (χ2n) is 5.96. The van der Waals surface area contributed by atoms with Crippen LogP contribution in [0.5, 0.6) is 0 Å². The predicted octanol–water partition coefficient (Wildman–Crippen LogP) is 3.77. The van der Waals surface area contributed by atoms with Gasteiger partial charge in [-0.1, -0.05) is 26.0 Å². The number of nitrogens with one attached hydrogen (secondary N) is 2. The Balaban J connectivity index is 2.18. The zero-order valence-corrected chi connectivity index (χ0v) is 14.6.